The summed E-state index contributed by atoms with van der Waals surface area (Å²) in [6.07, 6.45) is 1.72. The molecular formula is C22H27FN4O. The third kappa shape index (κ3) is 4.58. The largest absolute Gasteiger partial charge is 0.340 e. The van der Waals surface area contributed by atoms with E-state index in [0.717, 1.165) is 51.1 Å². The van der Waals surface area contributed by atoms with Gasteiger partial charge in [0, 0.05) is 38.8 Å². The summed E-state index contributed by atoms with van der Waals surface area (Å²) in [5.41, 5.74) is 8.76. The van der Waals surface area contributed by atoms with Gasteiger partial charge in [0.1, 0.15) is 11.9 Å². The molecule has 0 bridgehead atoms. The predicted octanol–water partition coefficient (Wildman–Crippen LogP) is 2.47. The van der Waals surface area contributed by atoms with Gasteiger partial charge in [-0.15, -0.1) is 0 Å². The molecule has 0 spiro atoms. The van der Waals surface area contributed by atoms with Gasteiger partial charge in [0.05, 0.1) is 0 Å². The summed E-state index contributed by atoms with van der Waals surface area (Å²) in [5, 5.41) is 0. The highest BCUT2D eigenvalue weighted by Gasteiger charge is 2.33. The molecule has 2 aliphatic rings. The van der Waals surface area contributed by atoms with E-state index in [0.29, 0.717) is 0 Å². The van der Waals surface area contributed by atoms with Crippen LogP contribution in [0.4, 0.5) is 4.39 Å². The lowest BCUT2D eigenvalue weighted by atomic mass is 10.0. The summed E-state index contributed by atoms with van der Waals surface area (Å²) in [6, 6.07) is 16.9. The third-order valence-corrected chi connectivity index (χ3v) is 5.62. The smallest absolute Gasteiger partial charge is 0.241 e. The molecule has 4 rings (SSSR count). The van der Waals surface area contributed by atoms with Gasteiger partial charge in [-0.25, -0.2) is 15.2 Å². The molecule has 2 aromatic carbocycles. The number of halogens is 1. The number of hydrogen-bond acceptors (Lipinski definition) is 4. The van der Waals surface area contributed by atoms with Crippen molar-refractivity contribution in [2.24, 2.45) is 0 Å². The minimum absolute atomic E-state index is 0.164. The van der Waals surface area contributed by atoms with Crippen LogP contribution >= 0.6 is 0 Å². The van der Waals surface area contributed by atoms with E-state index >= 15 is 0 Å². The fourth-order valence-corrected chi connectivity index (χ4v) is 4.04. The molecule has 28 heavy (non-hydrogen) atoms. The summed E-state index contributed by atoms with van der Waals surface area (Å²) in [5.74, 6) is -0.0302. The molecule has 5 nitrogen and oxygen atoms in total. The molecule has 2 unspecified atom stereocenters. The molecular weight excluding hydrogens is 355 g/mol. The van der Waals surface area contributed by atoms with Gasteiger partial charge < -0.3 is 4.90 Å². The van der Waals surface area contributed by atoms with Crippen molar-refractivity contribution in [2.45, 2.75) is 31.5 Å². The molecule has 2 aliphatic heterocycles. The zero-order valence-corrected chi connectivity index (χ0v) is 16.0. The zero-order chi connectivity index (χ0) is 19.3. The van der Waals surface area contributed by atoms with Crippen molar-refractivity contribution in [1.29, 1.82) is 0 Å². The van der Waals surface area contributed by atoms with Crippen LogP contribution in [0.3, 0.4) is 0 Å². The second-order valence-electron chi connectivity index (χ2n) is 7.62. The van der Waals surface area contributed by atoms with E-state index in [1.807, 2.05) is 35.2 Å². The minimum atomic E-state index is -0.206. The lowest BCUT2D eigenvalue weighted by Crippen LogP contribution is -2.46. The van der Waals surface area contributed by atoms with E-state index < -0.39 is 0 Å². The molecule has 0 aliphatic carbocycles. The van der Waals surface area contributed by atoms with Crippen molar-refractivity contribution in [3.63, 3.8) is 0 Å². The number of amides is 1. The quantitative estimate of drug-likeness (QED) is 0.853. The Balaban J connectivity index is 1.30. The van der Waals surface area contributed by atoms with Crippen LogP contribution in [0.1, 0.15) is 30.0 Å². The molecule has 148 valence electrons. The molecule has 2 heterocycles. The monoisotopic (exact) mass is 382 g/mol. The number of carbonyl (C=O) groups excluding carboxylic acids is 1. The Morgan fingerprint density at radius 1 is 0.964 bits per heavy atom. The number of nitrogens with zero attached hydrogens (tertiary/aromatic N) is 2. The number of benzene rings is 2. The van der Waals surface area contributed by atoms with Crippen LogP contribution in [-0.4, -0.2) is 47.9 Å². The Morgan fingerprint density at radius 3 is 2.54 bits per heavy atom. The molecule has 0 radical (unpaired) electrons. The van der Waals surface area contributed by atoms with Crippen molar-refractivity contribution in [2.75, 3.05) is 26.2 Å². The molecule has 2 atom stereocenters. The van der Waals surface area contributed by atoms with Crippen LogP contribution in [0, 0.1) is 5.82 Å². The van der Waals surface area contributed by atoms with E-state index in [9.17, 15) is 9.18 Å². The molecule has 2 N–H and O–H groups in total. The third-order valence-electron chi connectivity index (χ3n) is 5.62. The first-order valence-electron chi connectivity index (χ1n) is 10.0. The maximum absolute atomic E-state index is 13.1. The number of hydrogen-bond donors (Lipinski definition) is 2. The van der Waals surface area contributed by atoms with Crippen molar-refractivity contribution < 1.29 is 9.18 Å². The van der Waals surface area contributed by atoms with Gasteiger partial charge in [-0.2, -0.15) is 0 Å². The fourth-order valence-electron chi connectivity index (χ4n) is 4.04. The maximum atomic E-state index is 13.1. The van der Waals surface area contributed by atoms with Gasteiger partial charge in [-0.1, -0.05) is 42.5 Å². The highest BCUT2D eigenvalue weighted by Crippen LogP contribution is 2.23. The average Bonchev–Trinajstić information content (AvgIpc) is 3.11. The topological polar surface area (TPSA) is 47.6 Å². The standard InChI is InChI=1S/C22H27FN4O/c23-19-9-7-17(8-10-19)16-26-11-4-12-27(14-13-26)22(28)21-15-20(24-25-21)18-5-2-1-3-6-18/h1-3,5-10,20-21,24-25H,4,11-16H2. The van der Waals surface area contributed by atoms with Crippen molar-refractivity contribution >= 4 is 5.91 Å². The molecule has 2 aromatic rings. The van der Waals surface area contributed by atoms with E-state index in [1.54, 1.807) is 0 Å². The van der Waals surface area contributed by atoms with Gasteiger partial charge in [-0.05, 0) is 36.1 Å². The second kappa shape index (κ2) is 8.82. The molecule has 2 saturated heterocycles. The summed E-state index contributed by atoms with van der Waals surface area (Å²) >= 11 is 0. The molecule has 6 heteroatoms. The SMILES string of the molecule is O=C(C1CC(c2ccccc2)NN1)N1CCCN(Cc2ccc(F)cc2)CC1. The summed E-state index contributed by atoms with van der Waals surface area (Å²) < 4.78 is 13.1. The number of nitrogens with one attached hydrogen (secondary N) is 2. The first-order valence-corrected chi connectivity index (χ1v) is 10.0. The van der Waals surface area contributed by atoms with E-state index in [4.69, 9.17) is 0 Å². The first kappa shape index (κ1) is 19.1. The van der Waals surface area contributed by atoms with Gasteiger partial charge >= 0.3 is 0 Å². The van der Waals surface area contributed by atoms with Crippen LogP contribution in [0.15, 0.2) is 54.6 Å². The zero-order valence-electron chi connectivity index (χ0n) is 16.0. The van der Waals surface area contributed by atoms with Gasteiger partial charge in [0.15, 0.2) is 0 Å². The van der Waals surface area contributed by atoms with E-state index in [-0.39, 0.29) is 23.8 Å². The fraction of sp³-hybridized carbons (Fsp3) is 0.409. The highest BCUT2D eigenvalue weighted by molar-refractivity contribution is 5.82. The Hall–Kier alpha value is -2.28. The van der Waals surface area contributed by atoms with Crippen LogP contribution in [-0.2, 0) is 11.3 Å². The van der Waals surface area contributed by atoms with Crippen molar-refractivity contribution in [3.05, 3.63) is 71.5 Å². The summed E-state index contributed by atoms with van der Waals surface area (Å²) in [4.78, 5) is 17.3. The second-order valence-corrected chi connectivity index (χ2v) is 7.62. The van der Waals surface area contributed by atoms with Gasteiger partial charge in [0.2, 0.25) is 5.91 Å². The first-order chi connectivity index (χ1) is 13.7. The number of carbonyl (C=O) groups is 1. The Morgan fingerprint density at radius 2 is 1.75 bits per heavy atom. The van der Waals surface area contributed by atoms with Crippen LogP contribution in [0.2, 0.25) is 0 Å². The van der Waals surface area contributed by atoms with Gasteiger partial charge in [-0.3, -0.25) is 9.69 Å². The van der Waals surface area contributed by atoms with Crippen LogP contribution in [0.25, 0.3) is 0 Å². The Bertz CT molecular complexity index is 783. The number of hydrazine groups is 1. The Kier molecular flexibility index (Phi) is 6.00. The normalized spacial score (nSPS) is 23.5. The van der Waals surface area contributed by atoms with Crippen molar-refractivity contribution in [3.8, 4) is 0 Å². The van der Waals surface area contributed by atoms with Crippen LogP contribution in [0.5, 0.6) is 0 Å². The van der Waals surface area contributed by atoms with E-state index in [2.05, 4.69) is 27.9 Å². The summed E-state index contributed by atoms with van der Waals surface area (Å²) in [6.45, 7) is 4.10. The van der Waals surface area contributed by atoms with Gasteiger partial charge in [0.25, 0.3) is 0 Å². The maximum Gasteiger partial charge on any atom is 0.241 e. The minimum Gasteiger partial charge on any atom is -0.340 e. The molecule has 0 saturated carbocycles. The van der Waals surface area contributed by atoms with Crippen molar-refractivity contribution in [1.82, 2.24) is 20.7 Å². The summed E-state index contributed by atoms with van der Waals surface area (Å²) in [7, 11) is 0. The molecule has 1 amide bonds. The highest BCUT2D eigenvalue weighted by atomic mass is 19.1. The van der Waals surface area contributed by atoms with Crippen LogP contribution < -0.4 is 10.9 Å². The molecule has 0 aromatic heterocycles. The number of rotatable bonds is 4. The lowest BCUT2D eigenvalue weighted by molar-refractivity contribution is -0.133. The Labute approximate surface area is 165 Å². The molecule has 2 fully saturated rings. The lowest BCUT2D eigenvalue weighted by Gasteiger charge is -2.24. The average molecular weight is 382 g/mol. The van der Waals surface area contributed by atoms with E-state index in [1.165, 1.54) is 17.7 Å². The predicted molar refractivity (Wildman–Crippen MR) is 107 cm³/mol.